The highest BCUT2D eigenvalue weighted by Gasteiger charge is 2.34. The van der Waals surface area contributed by atoms with Crippen LogP contribution in [0, 0.1) is 0 Å². The van der Waals surface area contributed by atoms with Crippen molar-refractivity contribution in [1.29, 1.82) is 0 Å². The first-order valence-corrected chi connectivity index (χ1v) is 11.5. The molecule has 0 amide bonds. The molecular formula is C24H24Cl2N4O4. The normalized spacial score (nSPS) is 14.9. The first-order valence-electron chi connectivity index (χ1n) is 10.7. The summed E-state index contributed by atoms with van der Waals surface area (Å²) < 4.78 is 18.7. The Bertz CT molecular complexity index is 1240. The number of hydrogen-bond acceptors (Lipinski definition) is 7. The lowest BCUT2D eigenvalue weighted by molar-refractivity contribution is -0.139. The number of rotatable bonds is 8. The van der Waals surface area contributed by atoms with Gasteiger partial charge in [-0.1, -0.05) is 42.3 Å². The predicted octanol–water partition coefficient (Wildman–Crippen LogP) is 5.41. The van der Waals surface area contributed by atoms with Gasteiger partial charge in [-0.2, -0.15) is 10.1 Å². The summed E-state index contributed by atoms with van der Waals surface area (Å²) in [6, 6.07) is 10.3. The SMILES string of the molecule is CCCOC(=O)C1=C(C)Nc2ncnn2C1c1ccc(OCc2ccc(Cl)c(Cl)c2)c(OC)c1. The highest BCUT2D eigenvalue weighted by atomic mass is 35.5. The summed E-state index contributed by atoms with van der Waals surface area (Å²) >= 11 is 12.1. The van der Waals surface area contributed by atoms with E-state index in [9.17, 15) is 4.79 Å². The van der Waals surface area contributed by atoms with Crippen molar-refractivity contribution in [3.8, 4) is 11.5 Å². The van der Waals surface area contributed by atoms with Crippen LogP contribution < -0.4 is 14.8 Å². The number of esters is 1. The number of ether oxygens (including phenoxy) is 3. The average molecular weight is 503 g/mol. The number of nitrogens with zero attached hydrogens (tertiary/aromatic N) is 3. The lowest BCUT2D eigenvalue weighted by Gasteiger charge is -2.28. The van der Waals surface area contributed by atoms with E-state index in [0.717, 1.165) is 17.5 Å². The molecule has 3 aromatic rings. The van der Waals surface area contributed by atoms with E-state index >= 15 is 0 Å². The van der Waals surface area contributed by atoms with Crippen LogP contribution in [0.15, 0.2) is 54.0 Å². The number of aromatic nitrogens is 3. The minimum absolute atomic E-state index is 0.279. The maximum absolute atomic E-state index is 13.0. The van der Waals surface area contributed by atoms with Crippen LogP contribution in [-0.4, -0.2) is 34.5 Å². The largest absolute Gasteiger partial charge is 0.493 e. The molecule has 0 bridgehead atoms. The Labute approximate surface area is 207 Å². The molecule has 1 aliphatic heterocycles. The molecule has 4 rings (SSSR count). The number of methoxy groups -OCH3 is 1. The molecule has 0 saturated heterocycles. The second-order valence-electron chi connectivity index (χ2n) is 7.68. The number of nitrogens with one attached hydrogen (secondary N) is 1. The van der Waals surface area contributed by atoms with Crippen LogP contribution in [0.2, 0.25) is 10.0 Å². The van der Waals surface area contributed by atoms with Crippen molar-refractivity contribution in [2.45, 2.75) is 32.9 Å². The molecular weight excluding hydrogens is 479 g/mol. The molecule has 1 aliphatic rings. The van der Waals surface area contributed by atoms with Gasteiger partial charge in [0, 0.05) is 5.70 Å². The monoisotopic (exact) mass is 502 g/mol. The minimum Gasteiger partial charge on any atom is -0.493 e. The quantitative estimate of drug-likeness (QED) is 0.411. The van der Waals surface area contributed by atoms with Crippen molar-refractivity contribution in [1.82, 2.24) is 14.8 Å². The van der Waals surface area contributed by atoms with Crippen molar-refractivity contribution >= 4 is 35.1 Å². The van der Waals surface area contributed by atoms with Gasteiger partial charge in [0.25, 0.3) is 0 Å². The van der Waals surface area contributed by atoms with Crippen molar-refractivity contribution in [3.05, 3.63) is 75.2 Å². The third kappa shape index (κ3) is 4.83. The van der Waals surface area contributed by atoms with E-state index in [1.807, 2.05) is 32.0 Å². The molecule has 0 radical (unpaired) electrons. The van der Waals surface area contributed by atoms with Crippen LogP contribution in [0.25, 0.3) is 0 Å². The molecule has 0 spiro atoms. The maximum Gasteiger partial charge on any atom is 0.338 e. The Morgan fingerprint density at radius 1 is 1.15 bits per heavy atom. The van der Waals surface area contributed by atoms with E-state index in [0.29, 0.717) is 45.4 Å². The Kier molecular flexibility index (Phi) is 7.29. The van der Waals surface area contributed by atoms with E-state index in [-0.39, 0.29) is 6.61 Å². The highest BCUT2D eigenvalue weighted by molar-refractivity contribution is 6.42. The molecule has 0 aliphatic carbocycles. The molecule has 34 heavy (non-hydrogen) atoms. The highest BCUT2D eigenvalue weighted by Crippen LogP contribution is 2.39. The number of fused-ring (bicyclic) bond motifs is 1. The minimum atomic E-state index is -0.541. The Hall–Kier alpha value is -3.23. The van der Waals surface area contributed by atoms with Crippen molar-refractivity contribution in [2.24, 2.45) is 0 Å². The molecule has 1 aromatic heterocycles. The van der Waals surface area contributed by atoms with E-state index in [2.05, 4.69) is 15.4 Å². The fourth-order valence-electron chi connectivity index (χ4n) is 3.70. The van der Waals surface area contributed by atoms with Gasteiger partial charge in [0.05, 0.1) is 29.3 Å². The second kappa shape index (κ2) is 10.4. The zero-order valence-corrected chi connectivity index (χ0v) is 20.5. The van der Waals surface area contributed by atoms with Crippen LogP contribution in [0.3, 0.4) is 0 Å². The second-order valence-corrected chi connectivity index (χ2v) is 8.49. The van der Waals surface area contributed by atoms with Crippen molar-refractivity contribution < 1.29 is 19.0 Å². The van der Waals surface area contributed by atoms with Crippen LogP contribution in [0.1, 0.15) is 37.4 Å². The standard InChI is InChI=1S/C24H24Cl2N4O4/c1-4-9-33-23(31)21-14(2)29-24-27-13-28-30(24)22(21)16-6-8-19(20(11-16)32-3)34-12-15-5-7-17(25)18(26)10-15/h5-8,10-11,13,22H,4,9,12H2,1-3H3,(H,27,28,29). The average Bonchev–Trinajstić information content (AvgIpc) is 3.30. The number of allylic oxidation sites excluding steroid dienone is 1. The maximum atomic E-state index is 13.0. The van der Waals surface area contributed by atoms with Gasteiger partial charge < -0.3 is 19.5 Å². The fraction of sp³-hybridized carbons (Fsp3) is 0.292. The van der Waals surface area contributed by atoms with Gasteiger partial charge in [-0.15, -0.1) is 0 Å². The summed E-state index contributed by atoms with van der Waals surface area (Å²) in [6.45, 7) is 4.38. The van der Waals surface area contributed by atoms with Gasteiger partial charge in [-0.05, 0) is 48.7 Å². The summed E-state index contributed by atoms with van der Waals surface area (Å²) in [5.41, 5.74) is 2.75. The van der Waals surface area contributed by atoms with Crippen LogP contribution in [0.5, 0.6) is 11.5 Å². The van der Waals surface area contributed by atoms with Crippen LogP contribution in [-0.2, 0) is 16.1 Å². The molecule has 178 valence electrons. The summed E-state index contributed by atoms with van der Waals surface area (Å²) in [7, 11) is 1.56. The molecule has 1 atom stereocenters. The summed E-state index contributed by atoms with van der Waals surface area (Å²) in [6.07, 6.45) is 2.16. The van der Waals surface area contributed by atoms with Gasteiger partial charge in [-0.3, -0.25) is 0 Å². The number of hydrogen-bond donors (Lipinski definition) is 1. The van der Waals surface area contributed by atoms with E-state index < -0.39 is 12.0 Å². The van der Waals surface area contributed by atoms with Crippen LogP contribution >= 0.6 is 23.2 Å². The van der Waals surface area contributed by atoms with Crippen LogP contribution in [0.4, 0.5) is 5.95 Å². The molecule has 8 nitrogen and oxygen atoms in total. The number of benzene rings is 2. The Balaban J connectivity index is 1.65. The van der Waals surface area contributed by atoms with Gasteiger partial charge in [-0.25, -0.2) is 9.48 Å². The molecule has 1 N–H and O–H groups in total. The third-order valence-electron chi connectivity index (χ3n) is 5.33. The molecule has 1 unspecified atom stereocenters. The van der Waals surface area contributed by atoms with Crippen molar-refractivity contribution in [2.75, 3.05) is 19.0 Å². The van der Waals surface area contributed by atoms with Gasteiger partial charge in [0.1, 0.15) is 19.0 Å². The molecule has 2 heterocycles. The van der Waals surface area contributed by atoms with E-state index in [1.54, 1.807) is 30.0 Å². The van der Waals surface area contributed by atoms with Crippen molar-refractivity contribution in [3.63, 3.8) is 0 Å². The molecule has 10 heteroatoms. The zero-order valence-electron chi connectivity index (χ0n) is 19.0. The smallest absolute Gasteiger partial charge is 0.338 e. The fourth-order valence-corrected chi connectivity index (χ4v) is 4.02. The number of carbonyl (C=O) groups is 1. The Morgan fingerprint density at radius 3 is 2.71 bits per heavy atom. The number of carbonyl (C=O) groups excluding carboxylic acids is 1. The van der Waals surface area contributed by atoms with Gasteiger partial charge in [0.2, 0.25) is 5.95 Å². The van der Waals surface area contributed by atoms with Gasteiger partial charge in [0.15, 0.2) is 11.5 Å². The molecule has 2 aromatic carbocycles. The number of halogens is 2. The number of anilines is 1. The van der Waals surface area contributed by atoms with Gasteiger partial charge >= 0.3 is 5.97 Å². The first-order chi connectivity index (χ1) is 16.4. The van der Waals surface area contributed by atoms with E-state index in [1.165, 1.54) is 6.33 Å². The summed E-state index contributed by atoms with van der Waals surface area (Å²) in [5, 5.41) is 8.41. The predicted molar refractivity (Wildman–Crippen MR) is 130 cm³/mol. The summed E-state index contributed by atoms with van der Waals surface area (Å²) in [5.74, 6) is 1.18. The Morgan fingerprint density at radius 2 is 1.97 bits per heavy atom. The molecule has 0 saturated carbocycles. The molecule has 0 fully saturated rings. The first kappa shape index (κ1) is 23.9. The lowest BCUT2D eigenvalue weighted by Crippen LogP contribution is -2.29. The zero-order chi connectivity index (χ0) is 24.2. The van der Waals surface area contributed by atoms with E-state index in [4.69, 9.17) is 37.4 Å². The summed E-state index contributed by atoms with van der Waals surface area (Å²) in [4.78, 5) is 17.2. The third-order valence-corrected chi connectivity index (χ3v) is 6.07. The lowest BCUT2D eigenvalue weighted by atomic mass is 9.95. The topological polar surface area (TPSA) is 87.5 Å².